The number of carbonyl (C=O) groups excluding carboxylic acids is 1. The number of ether oxygens (including phenoxy) is 1. The van der Waals surface area contributed by atoms with Gasteiger partial charge in [-0.05, 0) is 37.5 Å². The Bertz CT molecular complexity index is 312. The lowest BCUT2D eigenvalue weighted by atomic mass is 9.93. The Labute approximate surface area is 102 Å². The Morgan fingerprint density at radius 2 is 2.24 bits per heavy atom. The van der Waals surface area contributed by atoms with Gasteiger partial charge in [-0.15, -0.1) is 0 Å². The van der Waals surface area contributed by atoms with E-state index in [1.807, 2.05) is 0 Å². The number of hydrogen-bond donors (Lipinski definition) is 1. The Kier molecular flexibility index (Phi) is 4.14. The van der Waals surface area contributed by atoms with Crippen LogP contribution in [0.5, 0.6) is 0 Å². The molecule has 0 heterocycles. The van der Waals surface area contributed by atoms with E-state index >= 15 is 0 Å². The van der Waals surface area contributed by atoms with Crippen LogP contribution in [-0.2, 0) is 9.53 Å². The van der Waals surface area contributed by atoms with E-state index < -0.39 is 6.10 Å². The number of nitriles is 1. The van der Waals surface area contributed by atoms with E-state index in [9.17, 15) is 9.90 Å². The Morgan fingerprint density at radius 3 is 2.94 bits per heavy atom. The minimum absolute atomic E-state index is 0.187. The average Bonchev–Trinajstić information content (AvgIpc) is 2.80. The molecule has 0 amide bonds. The fourth-order valence-corrected chi connectivity index (χ4v) is 3.33. The normalized spacial score (nSPS) is 39.9. The lowest BCUT2D eigenvalue weighted by molar-refractivity contribution is -0.114. The highest BCUT2D eigenvalue weighted by Gasteiger charge is 2.48. The van der Waals surface area contributed by atoms with E-state index in [1.54, 1.807) is 0 Å². The van der Waals surface area contributed by atoms with Gasteiger partial charge in [-0.3, -0.25) is 0 Å². The number of nitrogens with zero attached hydrogens (tertiary/aromatic N) is 1. The molecular formula is C13H19NO3. The van der Waals surface area contributed by atoms with Crippen molar-refractivity contribution in [1.82, 2.24) is 0 Å². The van der Waals surface area contributed by atoms with Crippen LogP contribution in [0.3, 0.4) is 0 Å². The van der Waals surface area contributed by atoms with Gasteiger partial charge in [-0.1, -0.05) is 0 Å². The van der Waals surface area contributed by atoms with Crippen molar-refractivity contribution in [3.05, 3.63) is 0 Å². The zero-order valence-corrected chi connectivity index (χ0v) is 9.92. The maximum atomic E-state index is 10.9. The molecule has 2 saturated carbocycles. The summed E-state index contributed by atoms with van der Waals surface area (Å²) in [5.41, 5.74) is 0. The number of unbranched alkanes of at least 4 members (excludes halogenated alkanes) is 1. The van der Waals surface area contributed by atoms with Crippen molar-refractivity contribution in [3.63, 3.8) is 0 Å². The smallest absolute Gasteiger partial charge is 0.125 e. The first-order valence-electron chi connectivity index (χ1n) is 6.38. The van der Waals surface area contributed by atoms with E-state index in [-0.39, 0.29) is 12.0 Å². The van der Waals surface area contributed by atoms with Gasteiger partial charge in [-0.25, -0.2) is 0 Å². The molecule has 2 fully saturated rings. The standard InChI is InChI=1S/C13H19NO3/c14-3-1-2-4-17-10-5-9-6-13(16)12(8-15)11(9)7-10/h8-13,16H,1-2,4-7H2/t9-,10-,11-,12+,13+/m1/s1. The van der Waals surface area contributed by atoms with Crippen LogP contribution in [-0.4, -0.2) is 30.2 Å². The van der Waals surface area contributed by atoms with Gasteiger partial charge in [0.25, 0.3) is 0 Å². The van der Waals surface area contributed by atoms with Crippen molar-refractivity contribution in [2.24, 2.45) is 17.8 Å². The number of aliphatic hydroxyl groups excluding tert-OH is 1. The van der Waals surface area contributed by atoms with Crippen molar-refractivity contribution >= 4 is 6.29 Å². The van der Waals surface area contributed by atoms with Crippen LogP contribution in [0.2, 0.25) is 0 Å². The SMILES string of the molecule is N#CCCCO[C@@H]1C[C@@H]2C[C@H](O)[C@@H](C=O)[C@@H]2C1. The number of rotatable bonds is 5. The van der Waals surface area contributed by atoms with Crippen LogP contribution >= 0.6 is 0 Å². The van der Waals surface area contributed by atoms with Crippen LogP contribution in [0.15, 0.2) is 0 Å². The molecule has 0 aliphatic heterocycles. The number of fused-ring (bicyclic) bond motifs is 1. The second-order valence-electron chi connectivity index (χ2n) is 5.17. The quantitative estimate of drug-likeness (QED) is 0.577. The summed E-state index contributed by atoms with van der Waals surface area (Å²) < 4.78 is 5.72. The molecule has 0 bridgehead atoms. The summed E-state index contributed by atoms with van der Waals surface area (Å²) in [6.07, 6.45) is 4.59. The van der Waals surface area contributed by atoms with Gasteiger partial charge >= 0.3 is 0 Å². The van der Waals surface area contributed by atoms with Crippen LogP contribution < -0.4 is 0 Å². The zero-order valence-electron chi connectivity index (χ0n) is 9.92. The summed E-state index contributed by atoms with van der Waals surface area (Å²) in [4.78, 5) is 10.9. The molecule has 4 heteroatoms. The topological polar surface area (TPSA) is 70.3 Å². The molecule has 94 valence electrons. The summed E-state index contributed by atoms with van der Waals surface area (Å²) in [6.45, 7) is 0.631. The molecule has 0 aromatic heterocycles. The number of aldehydes is 1. The van der Waals surface area contributed by atoms with Gasteiger partial charge in [-0.2, -0.15) is 5.26 Å². The molecule has 2 aliphatic rings. The first-order valence-corrected chi connectivity index (χ1v) is 6.38. The van der Waals surface area contributed by atoms with Gasteiger partial charge in [0.2, 0.25) is 0 Å². The maximum absolute atomic E-state index is 10.9. The highest BCUT2D eigenvalue weighted by Crippen LogP contribution is 2.47. The van der Waals surface area contributed by atoms with Crippen molar-refractivity contribution in [2.75, 3.05) is 6.61 Å². The maximum Gasteiger partial charge on any atom is 0.125 e. The van der Waals surface area contributed by atoms with E-state index in [4.69, 9.17) is 10.00 Å². The predicted octanol–water partition coefficient (Wildman–Crippen LogP) is 1.28. The van der Waals surface area contributed by atoms with Gasteiger partial charge in [0.15, 0.2) is 0 Å². The monoisotopic (exact) mass is 237 g/mol. The molecule has 0 aromatic rings. The van der Waals surface area contributed by atoms with Crippen LogP contribution in [0.4, 0.5) is 0 Å². The molecule has 0 aromatic carbocycles. The number of carbonyl (C=O) groups is 1. The first-order chi connectivity index (χ1) is 8.26. The second kappa shape index (κ2) is 5.61. The highest BCUT2D eigenvalue weighted by molar-refractivity contribution is 5.56. The van der Waals surface area contributed by atoms with Crippen molar-refractivity contribution in [3.8, 4) is 6.07 Å². The molecule has 5 atom stereocenters. The minimum Gasteiger partial charge on any atom is -0.392 e. The third-order valence-corrected chi connectivity index (χ3v) is 4.13. The third-order valence-electron chi connectivity index (χ3n) is 4.13. The van der Waals surface area contributed by atoms with E-state index in [0.29, 0.717) is 24.9 Å². The molecule has 0 radical (unpaired) electrons. The number of aliphatic hydroxyl groups is 1. The summed E-state index contributed by atoms with van der Waals surface area (Å²) in [5, 5.41) is 18.1. The Morgan fingerprint density at radius 1 is 1.41 bits per heavy atom. The largest absolute Gasteiger partial charge is 0.392 e. The van der Waals surface area contributed by atoms with Gasteiger partial charge < -0.3 is 14.6 Å². The van der Waals surface area contributed by atoms with Crippen LogP contribution in [0, 0.1) is 29.1 Å². The zero-order chi connectivity index (χ0) is 12.3. The highest BCUT2D eigenvalue weighted by atomic mass is 16.5. The molecule has 2 rings (SSSR count). The Hall–Kier alpha value is -0.920. The summed E-state index contributed by atoms with van der Waals surface area (Å²) in [6, 6.07) is 2.10. The van der Waals surface area contributed by atoms with Gasteiger partial charge in [0.05, 0.1) is 18.3 Å². The fourth-order valence-electron chi connectivity index (χ4n) is 3.33. The molecule has 17 heavy (non-hydrogen) atoms. The number of hydrogen-bond acceptors (Lipinski definition) is 4. The third kappa shape index (κ3) is 2.67. The summed E-state index contributed by atoms with van der Waals surface area (Å²) in [7, 11) is 0. The summed E-state index contributed by atoms with van der Waals surface area (Å²) >= 11 is 0. The van der Waals surface area contributed by atoms with Crippen molar-refractivity contribution < 1.29 is 14.6 Å². The predicted molar refractivity (Wildman–Crippen MR) is 61.0 cm³/mol. The lowest BCUT2D eigenvalue weighted by Gasteiger charge is -2.16. The molecule has 0 unspecified atom stereocenters. The molecule has 0 spiro atoms. The van der Waals surface area contributed by atoms with Gasteiger partial charge in [0, 0.05) is 18.9 Å². The van der Waals surface area contributed by atoms with Gasteiger partial charge in [0.1, 0.15) is 6.29 Å². The van der Waals surface area contributed by atoms with Crippen LogP contribution in [0.1, 0.15) is 32.1 Å². The summed E-state index contributed by atoms with van der Waals surface area (Å²) in [5.74, 6) is 0.567. The lowest BCUT2D eigenvalue weighted by Crippen LogP contribution is -2.22. The van der Waals surface area contributed by atoms with E-state index in [1.165, 1.54) is 0 Å². The Balaban J connectivity index is 1.77. The minimum atomic E-state index is -0.443. The molecular weight excluding hydrogens is 218 g/mol. The molecule has 1 N–H and O–H groups in total. The van der Waals surface area contributed by atoms with Crippen LogP contribution in [0.25, 0.3) is 0 Å². The first kappa shape index (κ1) is 12.5. The van der Waals surface area contributed by atoms with E-state index in [2.05, 4.69) is 6.07 Å². The molecule has 2 aliphatic carbocycles. The fraction of sp³-hybridized carbons (Fsp3) is 0.846. The molecule has 4 nitrogen and oxygen atoms in total. The van der Waals surface area contributed by atoms with E-state index in [0.717, 1.165) is 32.0 Å². The average molecular weight is 237 g/mol. The second-order valence-corrected chi connectivity index (χ2v) is 5.17. The van der Waals surface area contributed by atoms with Crippen molar-refractivity contribution in [2.45, 2.75) is 44.3 Å². The molecule has 0 saturated heterocycles. The van der Waals surface area contributed by atoms with Crippen molar-refractivity contribution in [1.29, 1.82) is 5.26 Å².